The molecular formula is C21H30ClN5O3. The molecule has 30 heavy (non-hydrogen) atoms. The Labute approximate surface area is 183 Å². The molecule has 1 aromatic carbocycles. The first kappa shape index (κ1) is 22.4. The first-order valence-corrected chi connectivity index (χ1v) is 10.6. The third-order valence-corrected chi connectivity index (χ3v) is 6.03. The molecule has 3 aliphatic heterocycles. The van der Waals surface area contributed by atoms with E-state index in [0.717, 1.165) is 44.5 Å². The number of nitrogens with zero attached hydrogens (tertiary/aromatic N) is 2. The van der Waals surface area contributed by atoms with Crippen LogP contribution in [0, 0.1) is 5.92 Å². The number of hydrogen-bond donors (Lipinski definition) is 3. The van der Waals surface area contributed by atoms with Crippen molar-refractivity contribution in [3.05, 3.63) is 29.8 Å². The van der Waals surface area contributed by atoms with Gasteiger partial charge in [0.2, 0.25) is 5.91 Å². The summed E-state index contributed by atoms with van der Waals surface area (Å²) >= 11 is 0. The van der Waals surface area contributed by atoms with E-state index in [1.54, 1.807) is 17.0 Å². The van der Waals surface area contributed by atoms with Gasteiger partial charge < -0.3 is 20.9 Å². The van der Waals surface area contributed by atoms with Gasteiger partial charge in [-0.3, -0.25) is 14.5 Å². The van der Waals surface area contributed by atoms with Crippen molar-refractivity contribution in [2.75, 3.05) is 44.2 Å². The quantitative estimate of drug-likeness (QED) is 0.651. The Morgan fingerprint density at radius 1 is 1.07 bits per heavy atom. The highest BCUT2D eigenvalue weighted by molar-refractivity contribution is 5.97. The lowest BCUT2D eigenvalue weighted by molar-refractivity contribution is -0.123. The minimum atomic E-state index is -0.0993. The second-order valence-corrected chi connectivity index (χ2v) is 8.08. The normalized spacial score (nSPS) is 23.7. The van der Waals surface area contributed by atoms with Crippen LogP contribution in [-0.4, -0.2) is 68.1 Å². The molecule has 2 unspecified atom stereocenters. The third kappa shape index (κ3) is 5.05. The summed E-state index contributed by atoms with van der Waals surface area (Å²) in [7, 11) is 0. The van der Waals surface area contributed by atoms with Gasteiger partial charge in [-0.2, -0.15) is 0 Å². The third-order valence-electron chi connectivity index (χ3n) is 6.03. The van der Waals surface area contributed by atoms with Crippen molar-refractivity contribution < 1.29 is 14.4 Å². The molecule has 0 radical (unpaired) electrons. The summed E-state index contributed by atoms with van der Waals surface area (Å²) in [5.74, 6) is 0.369. The van der Waals surface area contributed by atoms with E-state index >= 15 is 0 Å². The highest BCUT2D eigenvalue weighted by atomic mass is 35.5. The number of likely N-dealkylation sites (tertiary alicyclic amines) is 1. The Kier molecular flexibility index (Phi) is 7.55. The van der Waals surface area contributed by atoms with Gasteiger partial charge in [0.05, 0.1) is 6.04 Å². The molecule has 0 aromatic heterocycles. The van der Waals surface area contributed by atoms with Crippen molar-refractivity contribution in [1.82, 2.24) is 20.9 Å². The van der Waals surface area contributed by atoms with Gasteiger partial charge in [0.15, 0.2) is 0 Å². The van der Waals surface area contributed by atoms with Crippen molar-refractivity contribution in [3.8, 4) is 0 Å². The monoisotopic (exact) mass is 435 g/mol. The maximum atomic E-state index is 12.9. The number of carbonyl (C=O) groups excluding carboxylic acids is 3. The maximum absolute atomic E-state index is 12.9. The summed E-state index contributed by atoms with van der Waals surface area (Å²) in [5, 5.41) is 9.05. The summed E-state index contributed by atoms with van der Waals surface area (Å²) in [5.41, 5.74) is 1.43. The van der Waals surface area contributed by atoms with Gasteiger partial charge in [-0.15, -0.1) is 12.4 Å². The fourth-order valence-electron chi connectivity index (χ4n) is 4.38. The van der Waals surface area contributed by atoms with Crippen LogP contribution in [0.25, 0.3) is 0 Å². The van der Waals surface area contributed by atoms with E-state index in [2.05, 4.69) is 16.0 Å². The summed E-state index contributed by atoms with van der Waals surface area (Å²) < 4.78 is 0. The highest BCUT2D eigenvalue weighted by Crippen LogP contribution is 2.21. The van der Waals surface area contributed by atoms with Crippen LogP contribution in [0.3, 0.4) is 0 Å². The number of nitrogens with one attached hydrogen (secondary N) is 3. The number of halogens is 1. The zero-order valence-corrected chi connectivity index (χ0v) is 17.9. The Balaban J connectivity index is 0.00000256. The largest absolute Gasteiger partial charge is 0.354 e. The molecule has 0 saturated carbocycles. The van der Waals surface area contributed by atoms with Crippen LogP contribution in [0.4, 0.5) is 10.5 Å². The van der Waals surface area contributed by atoms with E-state index in [9.17, 15) is 14.4 Å². The molecule has 164 valence electrons. The Morgan fingerprint density at radius 2 is 1.87 bits per heavy atom. The van der Waals surface area contributed by atoms with Gasteiger partial charge in [0.25, 0.3) is 5.91 Å². The van der Waals surface area contributed by atoms with Crippen LogP contribution in [-0.2, 0) is 4.79 Å². The van der Waals surface area contributed by atoms with E-state index in [4.69, 9.17) is 0 Å². The zero-order valence-electron chi connectivity index (χ0n) is 17.1. The number of piperidine rings is 1. The van der Waals surface area contributed by atoms with Crippen molar-refractivity contribution in [2.45, 2.75) is 31.7 Å². The maximum Gasteiger partial charge on any atom is 0.321 e. The zero-order chi connectivity index (χ0) is 20.2. The van der Waals surface area contributed by atoms with Crippen molar-refractivity contribution in [3.63, 3.8) is 0 Å². The fourth-order valence-corrected chi connectivity index (χ4v) is 4.38. The van der Waals surface area contributed by atoms with E-state index in [1.807, 2.05) is 17.0 Å². The van der Waals surface area contributed by atoms with Gasteiger partial charge in [-0.05, 0) is 62.4 Å². The lowest BCUT2D eigenvalue weighted by Gasteiger charge is -2.33. The van der Waals surface area contributed by atoms with E-state index < -0.39 is 0 Å². The lowest BCUT2D eigenvalue weighted by Crippen LogP contribution is -2.46. The van der Waals surface area contributed by atoms with Crippen LogP contribution < -0.4 is 20.9 Å². The Bertz CT molecular complexity index is 766. The fraction of sp³-hybridized carbons (Fsp3) is 0.571. The SMILES string of the molecule is Cl.O=C(NCC1CCCN(C(=O)c2ccc(N3CCNC3=O)cc2)C1)C1CCCN1. The van der Waals surface area contributed by atoms with Crippen LogP contribution in [0.2, 0.25) is 0 Å². The first-order valence-electron chi connectivity index (χ1n) is 10.6. The molecule has 4 rings (SSSR count). The Hall–Kier alpha value is -2.32. The molecule has 0 bridgehead atoms. The molecule has 9 heteroatoms. The molecule has 1 aromatic rings. The average Bonchev–Trinajstić information content (AvgIpc) is 3.44. The number of amides is 4. The van der Waals surface area contributed by atoms with Crippen molar-refractivity contribution >= 4 is 35.9 Å². The summed E-state index contributed by atoms with van der Waals surface area (Å²) in [4.78, 5) is 40.5. The number of benzene rings is 1. The minimum Gasteiger partial charge on any atom is -0.354 e. The summed E-state index contributed by atoms with van der Waals surface area (Å²) in [6.07, 6.45) is 3.91. The van der Waals surface area contributed by atoms with E-state index in [0.29, 0.717) is 31.7 Å². The predicted molar refractivity (Wildman–Crippen MR) is 117 cm³/mol. The molecule has 4 amide bonds. The van der Waals surface area contributed by atoms with Crippen molar-refractivity contribution in [2.24, 2.45) is 5.92 Å². The molecular weight excluding hydrogens is 406 g/mol. The first-order chi connectivity index (χ1) is 14.1. The molecule has 2 atom stereocenters. The van der Waals surface area contributed by atoms with Gasteiger partial charge in [0, 0.05) is 44.0 Å². The van der Waals surface area contributed by atoms with Gasteiger partial charge >= 0.3 is 6.03 Å². The molecule has 3 N–H and O–H groups in total. The smallest absolute Gasteiger partial charge is 0.321 e. The van der Waals surface area contributed by atoms with E-state index in [-0.39, 0.29) is 42.2 Å². The molecule has 0 aliphatic carbocycles. The second-order valence-electron chi connectivity index (χ2n) is 8.08. The summed E-state index contributed by atoms with van der Waals surface area (Å²) in [6, 6.07) is 7.08. The number of anilines is 1. The van der Waals surface area contributed by atoms with Crippen molar-refractivity contribution in [1.29, 1.82) is 0 Å². The number of urea groups is 1. The van der Waals surface area contributed by atoms with Gasteiger partial charge in [0.1, 0.15) is 0 Å². The van der Waals surface area contributed by atoms with Gasteiger partial charge in [-0.1, -0.05) is 0 Å². The number of carbonyl (C=O) groups is 3. The second kappa shape index (κ2) is 10.1. The molecule has 3 heterocycles. The number of hydrogen-bond acceptors (Lipinski definition) is 4. The molecule has 0 spiro atoms. The predicted octanol–water partition coefficient (Wildman–Crippen LogP) is 1.36. The topological polar surface area (TPSA) is 93.8 Å². The highest BCUT2D eigenvalue weighted by Gasteiger charge is 2.27. The molecule has 3 fully saturated rings. The molecule has 8 nitrogen and oxygen atoms in total. The standard InChI is InChI=1S/C21H29N5O3.ClH/c27-19(18-4-1-9-22-18)24-13-15-3-2-11-25(14-15)20(28)16-5-7-17(8-6-16)26-12-10-23-21(26)29;/h5-8,15,18,22H,1-4,9-14H2,(H,23,29)(H,24,27);1H. The van der Waals surface area contributed by atoms with Crippen LogP contribution >= 0.6 is 12.4 Å². The minimum absolute atomic E-state index is 0. The van der Waals surface area contributed by atoms with Crippen LogP contribution in [0.1, 0.15) is 36.0 Å². The Morgan fingerprint density at radius 3 is 2.53 bits per heavy atom. The van der Waals surface area contributed by atoms with Crippen LogP contribution in [0.15, 0.2) is 24.3 Å². The molecule has 3 aliphatic rings. The van der Waals surface area contributed by atoms with E-state index in [1.165, 1.54) is 0 Å². The summed E-state index contributed by atoms with van der Waals surface area (Å²) in [6.45, 7) is 4.20. The average molecular weight is 436 g/mol. The number of rotatable bonds is 5. The van der Waals surface area contributed by atoms with Gasteiger partial charge in [-0.25, -0.2) is 4.79 Å². The van der Waals surface area contributed by atoms with Crippen LogP contribution in [0.5, 0.6) is 0 Å². The molecule has 3 saturated heterocycles. The lowest BCUT2D eigenvalue weighted by atomic mass is 9.97.